The molecular formula is C51H81N8O21S-. The second-order valence-corrected chi connectivity index (χ2v) is 22.2. The number of hydrogen-bond donors (Lipinski definition) is 15. The van der Waals surface area contributed by atoms with Gasteiger partial charge in [-0.2, -0.15) is 0 Å². The number of rotatable bonds is 24. The van der Waals surface area contributed by atoms with Gasteiger partial charge in [0, 0.05) is 38.3 Å². The van der Waals surface area contributed by atoms with Gasteiger partial charge in [-0.15, -0.1) is 0 Å². The molecule has 16 N–H and O–H groups in total. The maximum absolute atomic E-state index is 14.6. The molecule has 15 atom stereocenters. The fourth-order valence-electron chi connectivity index (χ4n) is 10.1. The summed E-state index contributed by atoms with van der Waals surface area (Å²) in [5.41, 5.74) is 4.72. The van der Waals surface area contributed by atoms with E-state index in [-0.39, 0.29) is 6.42 Å². The molecule has 1 aromatic carbocycles. The summed E-state index contributed by atoms with van der Waals surface area (Å²) in [6.07, 6.45) is -6.52. The Morgan fingerprint density at radius 2 is 1.31 bits per heavy atom. The van der Waals surface area contributed by atoms with Crippen molar-refractivity contribution in [2.24, 2.45) is 11.7 Å². The average molecular weight is 1170 g/mol. The molecule has 29 nitrogen and oxygen atoms in total. The molecule has 3 aliphatic heterocycles. The molecule has 3 aliphatic rings. The number of aliphatic hydroxyl groups is 8. The highest BCUT2D eigenvalue weighted by Gasteiger charge is 2.51. The third-order valence-electron chi connectivity index (χ3n) is 14.6. The lowest BCUT2D eigenvalue weighted by atomic mass is 9.96. The van der Waals surface area contributed by atoms with E-state index in [9.17, 15) is 97.3 Å². The van der Waals surface area contributed by atoms with Crippen molar-refractivity contribution in [2.45, 2.75) is 215 Å². The molecule has 0 bridgehead atoms. The first kappa shape index (κ1) is 67.7. The molecule has 0 saturated carbocycles. The van der Waals surface area contributed by atoms with Crippen LogP contribution in [0.1, 0.15) is 142 Å². The SMILES string of the molecule is CCCCCCCCCCCCCCCC(=O)NC1CC(O)C(O)NC(=O)C2C(O)C(C)CN2C(=O)C(C(O)CC(N)=O)NC(=O)C(C(O)C(O)c2ccc(O)c(OS(=O)(=O)[O-])c2)NC(=O)C2CC(O)CN2C(=O)C(C(C)O)NC1=O. The van der Waals surface area contributed by atoms with E-state index in [1.165, 1.54) is 45.4 Å². The number of phenolic OH excluding ortho intramolecular Hbond substituents is 1. The monoisotopic (exact) mass is 1170 g/mol. The predicted octanol–water partition coefficient (Wildman–Crippen LogP) is -3.97. The van der Waals surface area contributed by atoms with Gasteiger partial charge in [-0.1, -0.05) is 97.0 Å². The number of hydrogen-bond acceptors (Lipinski definition) is 21. The zero-order valence-corrected chi connectivity index (χ0v) is 46.4. The Balaban J connectivity index is 1.74. The van der Waals surface area contributed by atoms with Crippen LogP contribution in [0.25, 0.3) is 0 Å². The topological polar surface area (TPSA) is 478 Å². The number of fused-ring (bicyclic) bond motifs is 2. The molecule has 0 aliphatic carbocycles. The van der Waals surface area contributed by atoms with Crippen molar-refractivity contribution in [3.05, 3.63) is 23.8 Å². The van der Waals surface area contributed by atoms with Crippen LogP contribution in [0.4, 0.5) is 0 Å². The number of primary amides is 1. The number of benzene rings is 1. The van der Waals surface area contributed by atoms with E-state index in [0.717, 1.165) is 45.1 Å². The number of carbonyl (C=O) groups excluding carboxylic acids is 8. The maximum atomic E-state index is 14.6. The Bertz CT molecular complexity index is 2440. The Morgan fingerprint density at radius 1 is 0.753 bits per heavy atom. The molecule has 3 saturated heterocycles. The molecule has 81 heavy (non-hydrogen) atoms. The van der Waals surface area contributed by atoms with Crippen LogP contribution in [0.5, 0.6) is 11.5 Å². The summed E-state index contributed by atoms with van der Waals surface area (Å²) in [6, 6.07) is -10.6. The van der Waals surface area contributed by atoms with E-state index >= 15 is 0 Å². The van der Waals surface area contributed by atoms with Crippen molar-refractivity contribution < 1.29 is 101 Å². The van der Waals surface area contributed by atoms with E-state index in [0.29, 0.717) is 34.8 Å². The summed E-state index contributed by atoms with van der Waals surface area (Å²) in [4.78, 5) is 113. The third-order valence-corrected chi connectivity index (χ3v) is 15.0. The number of phenols is 1. The lowest BCUT2D eigenvalue weighted by Gasteiger charge is -2.34. The number of nitrogens with zero attached hydrogens (tertiary/aromatic N) is 2. The summed E-state index contributed by atoms with van der Waals surface area (Å²) >= 11 is 0. The highest BCUT2D eigenvalue weighted by atomic mass is 32.3. The van der Waals surface area contributed by atoms with Crippen molar-refractivity contribution in [1.29, 1.82) is 0 Å². The molecule has 3 fully saturated rings. The first-order chi connectivity index (χ1) is 38.1. The molecule has 1 aromatic rings. The Hall–Kier alpha value is -5.83. The fourth-order valence-corrected chi connectivity index (χ4v) is 10.4. The number of aromatic hydroxyl groups is 1. The standard InChI is InChI=1S/C51H82N8O21S/c1-4-5-6-7-8-9-10-11-12-13-14-15-16-17-37(66)53-30-22-34(64)47(72)57-49(74)41-42(67)26(2)24-59(41)51(76)39(33(63)23-36(52)65)55-48(73)40(44(69)43(68)28-18-19-32(62)35(20-28)80-81(77,78)79)56-46(71)31-21-29(61)25-58(31)50(75)38(27(3)60)54-45(30)70/h18-20,26-27,29-31,33-34,38-44,47,60-64,67-69,72H,4-17,21-25H2,1-3H3,(H2,52,65)(H,53,66)(H,54,70)(H,55,73)(H,56,71)(H,57,74)(H,77,78,79)/p-1. The minimum absolute atomic E-state index is 0.116. The first-order valence-corrected chi connectivity index (χ1v) is 28.7. The zero-order chi connectivity index (χ0) is 60.5. The summed E-state index contributed by atoms with van der Waals surface area (Å²) in [7, 11) is -5.58. The minimum Gasteiger partial charge on any atom is -0.716 e. The van der Waals surface area contributed by atoms with Gasteiger partial charge in [-0.05, 0) is 31.0 Å². The van der Waals surface area contributed by atoms with Gasteiger partial charge in [0.15, 0.2) is 17.7 Å². The van der Waals surface area contributed by atoms with Crippen LogP contribution < -0.4 is 36.5 Å². The highest BCUT2D eigenvalue weighted by molar-refractivity contribution is 7.81. The number of carbonyl (C=O) groups is 8. The number of unbranched alkanes of at least 4 members (excludes halogenated alkanes) is 12. The summed E-state index contributed by atoms with van der Waals surface area (Å²) in [6.45, 7) is 3.38. The van der Waals surface area contributed by atoms with Crippen LogP contribution in [0.3, 0.4) is 0 Å². The summed E-state index contributed by atoms with van der Waals surface area (Å²) in [5.74, 6) is -13.4. The molecule has 458 valence electrons. The van der Waals surface area contributed by atoms with Crippen LogP contribution in [0.15, 0.2) is 18.2 Å². The van der Waals surface area contributed by atoms with E-state index in [1.54, 1.807) is 0 Å². The van der Waals surface area contributed by atoms with Gasteiger partial charge in [0.1, 0.15) is 54.6 Å². The molecule has 0 spiro atoms. The summed E-state index contributed by atoms with van der Waals surface area (Å²) in [5, 5.41) is 111. The maximum Gasteiger partial charge on any atom is 0.262 e. The molecule has 15 unspecified atom stereocenters. The normalized spacial score (nSPS) is 28.0. The van der Waals surface area contributed by atoms with Crippen LogP contribution in [0.2, 0.25) is 0 Å². The van der Waals surface area contributed by atoms with Crippen LogP contribution >= 0.6 is 0 Å². The average Bonchev–Trinajstić information content (AvgIpc) is 3.94. The first-order valence-electron chi connectivity index (χ1n) is 27.4. The van der Waals surface area contributed by atoms with Crippen molar-refractivity contribution >= 4 is 57.7 Å². The second-order valence-electron chi connectivity index (χ2n) is 21.3. The molecule has 8 amide bonds. The van der Waals surface area contributed by atoms with E-state index < -0.39 is 198 Å². The van der Waals surface area contributed by atoms with Crippen molar-refractivity contribution in [1.82, 2.24) is 36.4 Å². The number of aliphatic hydroxyl groups excluding tert-OH is 8. The zero-order valence-electron chi connectivity index (χ0n) is 45.6. The molecule has 0 radical (unpaired) electrons. The van der Waals surface area contributed by atoms with Gasteiger partial charge in [-0.3, -0.25) is 38.4 Å². The third kappa shape index (κ3) is 19.9. The van der Waals surface area contributed by atoms with Crippen LogP contribution in [0, 0.1) is 5.92 Å². The number of nitrogens with one attached hydrogen (secondary N) is 5. The van der Waals surface area contributed by atoms with E-state index in [1.807, 2.05) is 10.6 Å². The van der Waals surface area contributed by atoms with Gasteiger partial charge < -0.3 is 96.8 Å². The van der Waals surface area contributed by atoms with Gasteiger partial charge in [0.25, 0.3) is 10.4 Å². The molecule has 30 heteroatoms. The molecule has 3 heterocycles. The van der Waals surface area contributed by atoms with Crippen molar-refractivity contribution in [3.63, 3.8) is 0 Å². The Labute approximate surface area is 469 Å². The van der Waals surface area contributed by atoms with Gasteiger partial charge >= 0.3 is 0 Å². The van der Waals surface area contributed by atoms with E-state index in [4.69, 9.17) is 5.73 Å². The predicted molar refractivity (Wildman–Crippen MR) is 281 cm³/mol. The fraction of sp³-hybridized carbons (Fsp3) is 0.725. The number of amides is 8. The lowest BCUT2D eigenvalue weighted by Crippen LogP contribution is -2.64. The number of nitrogens with two attached hydrogens (primary N) is 1. The molecular weight excluding hydrogens is 1090 g/mol. The Morgan fingerprint density at radius 3 is 1.88 bits per heavy atom. The van der Waals surface area contributed by atoms with E-state index in [2.05, 4.69) is 27.1 Å². The van der Waals surface area contributed by atoms with Gasteiger partial charge in [0.05, 0.1) is 30.8 Å². The van der Waals surface area contributed by atoms with Gasteiger partial charge in [-0.25, -0.2) is 8.42 Å². The van der Waals surface area contributed by atoms with Crippen molar-refractivity contribution in [3.8, 4) is 11.5 Å². The quantitative estimate of drug-likeness (QED) is 0.0267. The molecule has 4 rings (SSSR count). The Kier molecular flexibility index (Phi) is 26.4. The molecule has 0 aromatic heterocycles. The lowest BCUT2D eigenvalue weighted by molar-refractivity contribution is -0.149. The summed E-state index contributed by atoms with van der Waals surface area (Å²) < 4.78 is 38.4. The van der Waals surface area contributed by atoms with Crippen molar-refractivity contribution in [2.75, 3.05) is 13.1 Å². The minimum atomic E-state index is -5.58. The van der Waals surface area contributed by atoms with Crippen LogP contribution in [-0.4, -0.2) is 208 Å². The second kappa shape index (κ2) is 31.6. The smallest absolute Gasteiger partial charge is 0.262 e. The van der Waals surface area contributed by atoms with Gasteiger partial charge in [0.2, 0.25) is 47.3 Å². The van der Waals surface area contributed by atoms with Crippen LogP contribution in [-0.2, 0) is 48.8 Å². The highest BCUT2D eigenvalue weighted by Crippen LogP contribution is 2.33. The largest absolute Gasteiger partial charge is 0.716 e.